The number of carbonyl (C=O) groups is 2. The Morgan fingerprint density at radius 3 is 2.62 bits per heavy atom. The lowest BCUT2D eigenvalue weighted by Crippen LogP contribution is -2.50. The van der Waals surface area contributed by atoms with Gasteiger partial charge in [-0.2, -0.15) is 0 Å². The summed E-state index contributed by atoms with van der Waals surface area (Å²) in [5.74, 6) is 1.17. The number of carbonyl (C=O) groups excluding carboxylic acids is 2. The Morgan fingerprint density at radius 1 is 1.21 bits per heavy atom. The van der Waals surface area contributed by atoms with E-state index in [0.29, 0.717) is 23.5 Å². The van der Waals surface area contributed by atoms with E-state index in [-0.39, 0.29) is 42.4 Å². The molecule has 1 aromatic rings. The molecule has 4 rings (SSSR count). The molecule has 3 atom stereocenters. The van der Waals surface area contributed by atoms with Crippen molar-refractivity contribution in [2.45, 2.75) is 70.9 Å². The van der Waals surface area contributed by atoms with E-state index in [2.05, 4.69) is 24.2 Å². The minimum Gasteiger partial charge on any atom is -0.486 e. The number of aliphatic hydroxyl groups is 1. The second-order valence-electron chi connectivity index (χ2n) is 10.8. The molecule has 0 unspecified atom stereocenters. The third kappa shape index (κ3) is 5.92. The summed E-state index contributed by atoms with van der Waals surface area (Å²) in [4.78, 5) is 30.7. The van der Waals surface area contributed by atoms with Crippen molar-refractivity contribution in [1.82, 2.24) is 9.80 Å². The summed E-state index contributed by atoms with van der Waals surface area (Å²) in [7, 11) is 2.13. The predicted molar refractivity (Wildman–Crippen MR) is 133 cm³/mol. The Morgan fingerprint density at radius 2 is 1.94 bits per heavy atom. The maximum Gasteiger partial charge on any atom is 0.258 e. The van der Waals surface area contributed by atoms with Crippen LogP contribution in [-0.2, 0) is 4.79 Å². The fourth-order valence-electron chi connectivity index (χ4n) is 5.28. The highest BCUT2D eigenvalue weighted by Gasteiger charge is 2.35. The van der Waals surface area contributed by atoms with Crippen molar-refractivity contribution < 1.29 is 19.4 Å². The zero-order valence-electron chi connectivity index (χ0n) is 21.0. The van der Waals surface area contributed by atoms with Crippen LogP contribution in [0.25, 0.3) is 0 Å². The second kappa shape index (κ2) is 11.1. The molecule has 1 aromatic carbocycles. The standard InChI is InChI=1S/C27H41N3O4/c1-18-14-30(19(2)17-31)27(33)22-10-7-11-23(28-26(32)21-8-5-4-6-9-21)25(22)34-24(18)16-29(3)15-20-12-13-20/h7,10-11,18-21,24,31H,4-6,8-9,12-17H2,1-3H3,(H,28,32)/t18-,19+,24+/m1/s1. The van der Waals surface area contributed by atoms with Crippen LogP contribution in [0.2, 0.25) is 0 Å². The summed E-state index contributed by atoms with van der Waals surface area (Å²) in [6, 6.07) is 5.11. The van der Waals surface area contributed by atoms with Gasteiger partial charge < -0.3 is 25.0 Å². The number of ether oxygens (including phenoxy) is 1. The molecule has 0 spiro atoms. The van der Waals surface area contributed by atoms with Crippen molar-refractivity contribution in [2.24, 2.45) is 17.8 Å². The Kier molecular flexibility index (Phi) is 8.14. The van der Waals surface area contributed by atoms with E-state index in [1.165, 1.54) is 19.3 Å². The van der Waals surface area contributed by atoms with Crippen molar-refractivity contribution in [2.75, 3.05) is 38.6 Å². The number of rotatable bonds is 8. The molecule has 2 amide bonds. The number of nitrogens with one attached hydrogen (secondary N) is 1. The molecule has 1 aliphatic heterocycles. The molecule has 1 heterocycles. The van der Waals surface area contributed by atoms with Gasteiger partial charge in [-0.25, -0.2) is 0 Å². The van der Waals surface area contributed by atoms with Crippen LogP contribution in [0.3, 0.4) is 0 Å². The topological polar surface area (TPSA) is 82.1 Å². The molecule has 7 nitrogen and oxygen atoms in total. The maximum absolute atomic E-state index is 13.6. The SMILES string of the molecule is C[C@@H]1CN([C@@H](C)CO)C(=O)c2cccc(NC(=O)C3CCCCC3)c2O[C@H]1CN(C)CC1CC1. The van der Waals surface area contributed by atoms with Crippen LogP contribution >= 0.6 is 0 Å². The zero-order chi connectivity index (χ0) is 24.2. The number of aliphatic hydroxyl groups excluding tert-OH is 1. The van der Waals surface area contributed by atoms with Crippen LogP contribution in [0.15, 0.2) is 18.2 Å². The zero-order valence-corrected chi connectivity index (χ0v) is 21.0. The van der Waals surface area contributed by atoms with Gasteiger partial charge in [-0.1, -0.05) is 32.3 Å². The molecule has 2 fully saturated rings. The van der Waals surface area contributed by atoms with Crippen molar-refractivity contribution in [3.05, 3.63) is 23.8 Å². The number of anilines is 1. The Hall–Kier alpha value is -2.12. The van der Waals surface area contributed by atoms with Gasteiger partial charge in [0.1, 0.15) is 6.10 Å². The quantitative estimate of drug-likeness (QED) is 0.603. The predicted octanol–water partition coefficient (Wildman–Crippen LogP) is 3.77. The molecule has 2 aliphatic carbocycles. The molecule has 0 radical (unpaired) electrons. The first-order chi connectivity index (χ1) is 16.4. The van der Waals surface area contributed by atoms with Crippen LogP contribution in [0.1, 0.15) is 69.2 Å². The number of nitrogens with zero attached hydrogens (tertiary/aromatic N) is 2. The van der Waals surface area contributed by atoms with E-state index in [1.54, 1.807) is 17.0 Å². The summed E-state index contributed by atoms with van der Waals surface area (Å²) >= 11 is 0. The highest BCUT2D eigenvalue weighted by atomic mass is 16.5. The number of hydrogen-bond acceptors (Lipinski definition) is 5. The molecular weight excluding hydrogens is 430 g/mol. The third-order valence-corrected chi connectivity index (χ3v) is 7.68. The largest absolute Gasteiger partial charge is 0.486 e. The average molecular weight is 472 g/mol. The van der Waals surface area contributed by atoms with Crippen molar-refractivity contribution in [3.63, 3.8) is 0 Å². The number of para-hydroxylation sites is 1. The fourth-order valence-corrected chi connectivity index (χ4v) is 5.28. The average Bonchev–Trinajstić information content (AvgIpc) is 3.65. The highest BCUT2D eigenvalue weighted by molar-refractivity contribution is 6.02. The lowest BCUT2D eigenvalue weighted by molar-refractivity contribution is -0.120. The van der Waals surface area contributed by atoms with Crippen molar-refractivity contribution >= 4 is 17.5 Å². The summed E-state index contributed by atoms with van der Waals surface area (Å²) < 4.78 is 6.61. The molecule has 3 aliphatic rings. The molecule has 2 N–H and O–H groups in total. The molecule has 34 heavy (non-hydrogen) atoms. The van der Waals surface area contributed by atoms with Gasteiger partial charge in [0.2, 0.25) is 5.91 Å². The van der Waals surface area contributed by atoms with Crippen LogP contribution in [-0.4, -0.2) is 72.2 Å². The number of amides is 2. The smallest absolute Gasteiger partial charge is 0.258 e. The molecular formula is C27H41N3O4. The Balaban J connectivity index is 1.64. The van der Waals surface area contributed by atoms with Crippen LogP contribution in [0.5, 0.6) is 5.75 Å². The highest BCUT2D eigenvalue weighted by Crippen LogP contribution is 2.36. The van der Waals surface area contributed by atoms with Gasteiger partial charge in [-0.05, 0) is 57.7 Å². The summed E-state index contributed by atoms with van der Waals surface area (Å²) in [5.41, 5.74) is 1.02. The third-order valence-electron chi connectivity index (χ3n) is 7.68. The van der Waals surface area contributed by atoms with E-state index >= 15 is 0 Å². The number of likely N-dealkylation sites (N-methyl/N-ethyl adjacent to an activating group) is 1. The summed E-state index contributed by atoms with van der Waals surface area (Å²) in [6.07, 6.45) is 7.62. The summed E-state index contributed by atoms with van der Waals surface area (Å²) in [5, 5.41) is 12.9. The number of hydrogen-bond donors (Lipinski definition) is 2. The molecule has 0 aromatic heterocycles. The van der Waals surface area contributed by atoms with Crippen molar-refractivity contribution in [1.29, 1.82) is 0 Å². The lowest BCUT2D eigenvalue weighted by atomic mass is 9.88. The first kappa shape index (κ1) is 25.0. The van der Waals surface area contributed by atoms with Gasteiger partial charge in [0.15, 0.2) is 5.75 Å². The molecule has 188 valence electrons. The van der Waals surface area contributed by atoms with Gasteiger partial charge in [-0.15, -0.1) is 0 Å². The maximum atomic E-state index is 13.6. The van der Waals surface area contributed by atoms with Gasteiger partial charge in [0.25, 0.3) is 5.91 Å². The monoisotopic (exact) mass is 471 g/mol. The molecule has 2 saturated carbocycles. The van der Waals surface area contributed by atoms with E-state index in [4.69, 9.17) is 4.74 Å². The van der Waals surface area contributed by atoms with E-state index in [9.17, 15) is 14.7 Å². The molecule has 7 heteroatoms. The molecule has 0 saturated heterocycles. The fraction of sp³-hybridized carbons (Fsp3) is 0.704. The lowest BCUT2D eigenvalue weighted by Gasteiger charge is -2.38. The Labute approximate surface area is 203 Å². The minimum atomic E-state index is -0.300. The van der Waals surface area contributed by atoms with Gasteiger partial charge in [0.05, 0.1) is 23.9 Å². The van der Waals surface area contributed by atoms with Gasteiger partial charge >= 0.3 is 0 Å². The minimum absolute atomic E-state index is 0.0131. The van der Waals surface area contributed by atoms with Crippen LogP contribution in [0.4, 0.5) is 5.69 Å². The van der Waals surface area contributed by atoms with Gasteiger partial charge in [-0.3, -0.25) is 9.59 Å². The normalized spacial score (nSPS) is 24.7. The van der Waals surface area contributed by atoms with Gasteiger partial charge in [0, 0.05) is 31.5 Å². The first-order valence-electron chi connectivity index (χ1n) is 13.1. The Bertz CT molecular complexity index is 865. The van der Waals surface area contributed by atoms with E-state index < -0.39 is 0 Å². The molecule has 0 bridgehead atoms. The number of fused-ring (bicyclic) bond motifs is 1. The van der Waals surface area contributed by atoms with Crippen LogP contribution in [0, 0.1) is 17.8 Å². The van der Waals surface area contributed by atoms with Crippen LogP contribution < -0.4 is 10.1 Å². The summed E-state index contributed by atoms with van der Waals surface area (Å²) in [6.45, 7) is 6.19. The number of benzene rings is 1. The second-order valence-corrected chi connectivity index (χ2v) is 10.8. The first-order valence-corrected chi connectivity index (χ1v) is 13.1. The van der Waals surface area contributed by atoms with E-state index in [1.807, 2.05) is 13.0 Å². The van der Waals surface area contributed by atoms with Crippen molar-refractivity contribution in [3.8, 4) is 5.75 Å². The van der Waals surface area contributed by atoms with E-state index in [0.717, 1.165) is 44.7 Å².